The number of methoxy groups -OCH3 is 2. The molecule has 0 aliphatic carbocycles. The largest absolute Gasteiger partial charge is 0.494 e. The number of ether oxygens (including phenoxy) is 2. The molecule has 0 spiro atoms. The maximum Gasteiger partial charge on any atom is 0.344 e. The number of carbonyl (C=O) groups excluding carboxylic acids is 2. The summed E-state index contributed by atoms with van der Waals surface area (Å²) in [4.78, 5) is 36.3. The van der Waals surface area contributed by atoms with Gasteiger partial charge in [-0.15, -0.1) is 0 Å². The third-order valence-corrected chi connectivity index (χ3v) is 2.21. The lowest BCUT2D eigenvalue weighted by atomic mass is 10.0. The van der Waals surface area contributed by atoms with Crippen LogP contribution in [0.2, 0.25) is 0 Å². The fraction of sp³-hybridized carbons (Fsp3) is 0.300. The molecule has 0 aliphatic heterocycles. The molecule has 0 atom stereocenters. The number of aromatic hydroxyl groups is 1. The van der Waals surface area contributed by atoms with Gasteiger partial charge in [0.05, 0.1) is 19.8 Å². The fourth-order valence-corrected chi connectivity index (χ4v) is 1.34. The van der Waals surface area contributed by atoms with E-state index in [1.165, 1.54) is 6.92 Å². The second-order valence-electron chi connectivity index (χ2n) is 3.16. The van der Waals surface area contributed by atoms with Crippen LogP contribution < -0.4 is 5.56 Å². The van der Waals surface area contributed by atoms with Crippen LogP contribution in [-0.2, 0) is 9.47 Å². The van der Waals surface area contributed by atoms with Crippen LogP contribution in [0.15, 0.2) is 4.79 Å². The predicted molar refractivity (Wildman–Crippen MR) is 56.1 cm³/mol. The van der Waals surface area contributed by atoms with E-state index in [-0.39, 0.29) is 11.1 Å². The summed E-state index contributed by atoms with van der Waals surface area (Å²) in [5, 5.41) is 9.48. The van der Waals surface area contributed by atoms with Crippen molar-refractivity contribution in [2.45, 2.75) is 6.92 Å². The second kappa shape index (κ2) is 4.69. The van der Waals surface area contributed by atoms with Gasteiger partial charge in [-0.1, -0.05) is 0 Å². The molecular formula is C10H11NO6. The van der Waals surface area contributed by atoms with E-state index >= 15 is 0 Å². The van der Waals surface area contributed by atoms with Gasteiger partial charge in [0.2, 0.25) is 5.88 Å². The maximum atomic E-state index is 11.5. The first kappa shape index (κ1) is 12.8. The molecule has 0 saturated heterocycles. The van der Waals surface area contributed by atoms with Crippen LogP contribution in [0.3, 0.4) is 0 Å². The number of carbonyl (C=O) groups is 2. The fourth-order valence-electron chi connectivity index (χ4n) is 1.34. The van der Waals surface area contributed by atoms with Gasteiger partial charge >= 0.3 is 11.9 Å². The molecule has 7 nitrogen and oxygen atoms in total. The van der Waals surface area contributed by atoms with Crippen molar-refractivity contribution in [1.82, 2.24) is 4.98 Å². The molecule has 0 amide bonds. The number of hydrogen-bond acceptors (Lipinski definition) is 6. The van der Waals surface area contributed by atoms with Gasteiger partial charge in [0.15, 0.2) is 0 Å². The van der Waals surface area contributed by atoms with Crippen molar-refractivity contribution in [2.24, 2.45) is 0 Å². The highest BCUT2D eigenvalue weighted by molar-refractivity contribution is 6.05. The van der Waals surface area contributed by atoms with Gasteiger partial charge in [-0.3, -0.25) is 9.78 Å². The summed E-state index contributed by atoms with van der Waals surface area (Å²) in [5.74, 6) is -2.57. The molecule has 0 bridgehead atoms. The first-order valence-electron chi connectivity index (χ1n) is 4.56. The molecule has 0 aromatic carbocycles. The lowest BCUT2D eigenvalue weighted by molar-refractivity contribution is 0.0550. The molecule has 1 aromatic rings. The number of aromatic nitrogens is 1. The van der Waals surface area contributed by atoms with Crippen LogP contribution in [0, 0.1) is 6.92 Å². The average Bonchev–Trinajstić information content (AvgIpc) is 2.31. The Kier molecular flexibility index (Phi) is 3.52. The molecule has 0 saturated carbocycles. The normalized spacial score (nSPS) is 9.82. The summed E-state index contributed by atoms with van der Waals surface area (Å²) >= 11 is 0. The molecule has 92 valence electrons. The van der Waals surface area contributed by atoms with E-state index in [9.17, 15) is 19.5 Å². The SMILES string of the molecule is COC(=O)c1c(O)[nH]c(=O)c(C)c1C(=O)OC. The standard InChI is InChI=1S/C10H11NO6/c1-4-5(9(14)16-2)6(10(15)17-3)8(13)11-7(4)12/h1-3H3,(H2,11,12,13). The Morgan fingerprint density at radius 2 is 1.59 bits per heavy atom. The van der Waals surface area contributed by atoms with E-state index in [0.717, 1.165) is 14.2 Å². The van der Waals surface area contributed by atoms with Crippen LogP contribution in [0.1, 0.15) is 26.3 Å². The Balaban J connectivity index is 3.67. The van der Waals surface area contributed by atoms with Gasteiger partial charge in [0.1, 0.15) is 5.56 Å². The molecule has 1 aromatic heterocycles. The third-order valence-electron chi connectivity index (χ3n) is 2.21. The first-order valence-corrected chi connectivity index (χ1v) is 4.56. The topological polar surface area (TPSA) is 106 Å². The van der Waals surface area contributed by atoms with Gasteiger partial charge in [0, 0.05) is 5.56 Å². The summed E-state index contributed by atoms with van der Waals surface area (Å²) in [7, 11) is 2.18. The Hall–Kier alpha value is -2.31. The maximum absolute atomic E-state index is 11.5. The minimum absolute atomic E-state index is 0.0324. The molecule has 1 rings (SSSR count). The molecule has 0 aliphatic rings. The average molecular weight is 241 g/mol. The lowest BCUT2D eigenvalue weighted by Gasteiger charge is -2.09. The minimum atomic E-state index is -0.942. The summed E-state index contributed by atoms with van der Waals surface area (Å²) in [5.41, 5.74) is -1.44. The molecular weight excluding hydrogens is 230 g/mol. The zero-order valence-electron chi connectivity index (χ0n) is 9.49. The monoisotopic (exact) mass is 241 g/mol. The summed E-state index contributed by atoms with van der Waals surface area (Å²) in [6.45, 7) is 1.33. The predicted octanol–water partition coefficient (Wildman–Crippen LogP) is -0.0379. The van der Waals surface area contributed by atoms with Crippen molar-refractivity contribution < 1.29 is 24.2 Å². The van der Waals surface area contributed by atoms with E-state index in [1.54, 1.807) is 0 Å². The highest BCUT2D eigenvalue weighted by Gasteiger charge is 2.26. The highest BCUT2D eigenvalue weighted by Crippen LogP contribution is 2.21. The molecule has 17 heavy (non-hydrogen) atoms. The molecule has 2 N–H and O–H groups in total. The number of nitrogens with one attached hydrogen (secondary N) is 1. The number of esters is 2. The summed E-state index contributed by atoms with van der Waals surface area (Å²) in [6, 6.07) is 0. The molecule has 0 fully saturated rings. The minimum Gasteiger partial charge on any atom is -0.494 e. The quantitative estimate of drug-likeness (QED) is 0.704. The molecule has 0 radical (unpaired) electrons. The van der Waals surface area contributed by atoms with Crippen LogP contribution in [-0.4, -0.2) is 36.2 Å². The molecule has 0 unspecified atom stereocenters. The van der Waals surface area contributed by atoms with Crippen molar-refractivity contribution in [1.29, 1.82) is 0 Å². The van der Waals surface area contributed by atoms with Crippen molar-refractivity contribution >= 4 is 11.9 Å². The van der Waals surface area contributed by atoms with Gasteiger partial charge in [-0.2, -0.15) is 0 Å². The van der Waals surface area contributed by atoms with Crippen molar-refractivity contribution in [3.8, 4) is 5.88 Å². The Labute approximate surface area is 96.0 Å². The second-order valence-corrected chi connectivity index (χ2v) is 3.16. The van der Waals surface area contributed by atoms with E-state index < -0.39 is 28.9 Å². The number of aromatic amines is 1. The Morgan fingerprint density at radius 1 is 1.12 bits per heavy atom. The zero-order chi connectivity index (χ0) is 13.2. The summed E-state index contributed by atoms with van der Waals surface area (Å²) < 4.78 is 8.87. The highest BCUT2D eigenvalue weighted by atomic mass is 16.5. The van der Waals surface area contributed by atoms with Gasteiger partial charge in [-0.05, 0) is 6.92 Å². The lowest BCUT2D eigenvalue weighted by Crippen LogP contribution is -2.22. The van der Waals surface area contributed by atoms with Gasteiger partial charge in [0.25, 0.3) is 5.56 Å². The number of pyridine rings is 1. The number of H-pyrrole nitrogens is 1. The smallest absolute Gasteiger partial charge is 0.344 e. The number of rotatable bonds is 2. The van der Waals surface area contributed by atoms with Gasteiger partial charge in [-0.25, -0.2) is 9.59 Å². The van der Waals surface area contributed by atoms with Gasteiger partial charge < -0.3 is 14.6 Å². The van der Waals surface area contributed by atoms with E-state index in [1.807, 2.05) is 4.98 Å². The van der Waals surface area contributed by atoms with E-state index in [2.05, 4.69) is 9.47 Å². The first-order chi connectivity index (χ1) is 7.93. The molecule has 7 heteroatoms. The van der Waals surface area contributed by atoms with Crippen molar-refractivity contribution in [3.05, 3.63) is 27.0 Å². The third kappa shape index (κ3) is 2.12. The van der Waals surface area contributed by atoms with E-state index in [4.69, 9.17) is 0 Å². The van der Waals surface area contributed by atoms with Crippen LogP contribution >= 0.6 is 0 Å². The van der Waals surface area contributed by atoms with E-state index in [0.29, 0.717) is 0 Å². The van der Waals surface area contributed by atoms with Crippen LogP contribution in [0.5, 0.6) is 5.88 Å². The van der Waals surface area contributed by atoms with Crippen molar-refractivity contribution in [3.63, 3.8) is 0 Å². The summed E-state index contributed by atoms with van der Waals surface area (Å²) in [6.07, 6.45) is 0. The number of hydrogen-bond donors (Lipinski definition) is 2. The molecule has 1 heterocycles. The Morgan fingerprint density at radius 3 is 2.06 bits per heavy atom. The zero-order valence-corrected chi connectivity index (χ0v) is 9.49. The Bertz CT molecular complexity index is 530. The van der Waals surface area contributed by atoms with Crippen LogP contribution in [0.25, 0.3) is 0 Å². The van der Waals surface area contributed by atoms with Crippen molar-refractivity contribution in [2.75, 3.05) is 14.2 Å². The van der Waals surface area contributed by atoms with Crippen LogP contribution in [0.4, 0.5) is 0 Å².